The van der Waals surface area contributed by atoms with E-state index in [1.165, 1.54) is 18.2 Å². The third-order valence-electron chi connectivity index (χ3n) is 5.34. The largest absolute Gasteiger partial charge is 0.396 e. The molecule has 1 saturated heterocycles. The van der Waals surface area contributed by atoms with Gasteiger partial charge in [-0.05, 0) is 23.8 Å². The molecule has 0 bridgehead atoms. The number of anilines is 3. The zero-order chi connectivity index (χ0) is 23.7. The Morgan fingerprint density at radius 1 is 1.19 bits per heavy atom. The van der Waals surface area contributed by atoms with E-state index >= 15 is 0 Å². The van der Waals surface area contributed by atoms with Gasteiger partial charge >= 0.3 is 0 Å². The van der Waals surface area contributed by atoms with Gasteiger partial charge in [-0.2, -0.15) is 0 Å². The molecule has 2 aromatic carbocycles. The first-order valence-electron chi connectivity index (χ1n) is 9.95. The molecule has 1 heterocycles. The highest BCUT2D eigenvalue weighted by molar-refractivity contribution is 7.91. The number of amides is 1. The minimum Gasteiger partial charge on any atom is -0.396 e. The lowest BCUT2D eigenvalue weighted by molar-refractivity contribution is -0.115. The maximum absolute atomic E-state index is 13.5. The van der Waals surface area contributed by atoms with E-state index in [4.69, 9.17) is 28.9 Å². The van der Waals surface area contributed by atoms with Crippen molar-refractivity contribution in [2.24, 2.45) is 0 Å². The van der Waals surface area contributed by atoms with Crippen LogP contribution in [-0.2, 0) is 21.1 Å². The van der Waals surface area contributed by atoms with Crippen LogP contribution < -0.4 is 16.0 Å². The summed E-state index contributed by atoms with van der Waals surface area (Å²) in [5.74, 6) is -3.13. The molecule has 3 rings (SSSR count). The maximum atomic E-state index is 13.5. The third kappa shape index (κ3) is 5.44. The van der Waals surface area contributed by atoms with Gasteiger partial charge in [-0.1, -0.05) is 42.3 Å². The predicted octanol–water partition coefficient (Wildman–Crippen LogP) is 4.79. The fourth-order valence-corrected chi connectivity index (χ4v) is 5.01. The molecule has 0 aromatic heterocycles. The van der Waals surface area contributed by atoms with Gasteiger partial charge in [0, 0.05) is 25.9 Å². The summed E-state index contributed by atoms with van der Waals surface area (Å²) in [5, 5.41) is 2.93. The number of nitrogens with one attached hydrogen (secondary N) is 1. The van der Waals surface area contributed by atoms with E-state index in [0.717, 1.165) is 0 Å². The molecule has 0 saturated carbocycles. The number of carbonyl (C=O) groups excluding carboxylic acids is 1. The van der Waals surface area contributed by atoms with E-state index in [-0.39, 0.29) is 64.4 Å². The first-order chi connectivity index (χ1) is 14.9. The topological polar surface area (TPSA) is 92.5 Å². The van der Waals surface area contributed by atoms with E-state index in [0.29, 0.717) is 11.3 Å². The SMILES string of the molecule is CCS(=O)(=O)c1ccc(CC(=O)Nc2cc(Cl)c(N3CCC(F)(F)CC3)c(Cl)c2N)cc1. The van der Waals surface area contributed by atoms with Gasteiger partial charge in [0.05, 0.1) is 44.2 Å². The van der Waals surface area contributed by atoms with Crippen LogP contribution in [0.3, 0.4) is 0 Å². The molecule has 2 aromatic rings. The van der Waals surface area contributed by atoms with Crippen molar-refractivity contribution in [1.82, 2.24) is 0 Å². The third-order valence-corrected chi connectivity index (χ3v) is 7.77. The normalized spacial score (nSPS) is 16.1. The van der Waals surface area contributed by atoms with Gasteiger partial charge in [0.15, 0.2) is 9.84 Å². The maximum Gasteiger partial charge on any atom is 0.251 e. The van der Waals surface area contributed by atoms with Crippen molar-refractivity contribution in [3.8, 4) is 0 Å². The molecule has 11 heteroatoms. The molecule has 0 unspecified atom stereocenters. The summed E-state index contributed by atoms with van der Waals surface area (Å²) in [4.78, 5) is 14.3. The van der Waals surface area contributed by atoms with Crippen LogP contribution in [0.5, 0.6) is 0 Å². The second kappa shape index (κ2) is 9.41. The number of piperidine rings is 1. The Hall–Kier alpha value is -2.10. The highest BCUT2D eigenvalue weighted by atomic mass is 35.5. The number of rotatable bonds is 6. The van der Waals surface area contributed by atoms with Gasteiger partial charge in [0.2, 0.25) is 5.91 Å². The number of benzene rings is 2. The number of hydrogen-bond donors (Lipinski definition) is 2. The smallest absolute Gasteiger partial charge is 0.251 e. The highest BCUT2D eigenvalue weighted by Crippen LogP contribution is 2.44. The first kappa shape index (κ1) is 24.5. The van der Waals surface area contributed by atoms with Crippen LogP contribution in [0.2, 0.25) is 10.0 Å². The molecule has 1 aliphatic rings. The van der Waals surface area contributed by atoms with E-state index in [1.54, 1.807) is 24.0 Å². The fraction of sp³-hybridized carbons (Fsp3) is 0.381. The van der Waals surface area contributed by atoms with Gasteiger partial charge in [-0.15, -0.1) is 0 Å². The van der Waals surface area contributed by atoms with Crippen molar-refractivity contribution < 1.29 is 22.0 Å². The van der Waals surface area contributed by atoms with Crippen molar-refractivity contribution in [1.29, 1.82) is 0 Å². The number of nitrogens with two attached hydrogens (primary N) is 1. The summed E-state index contributed by atoms with van der Waals surface area (Å²) in [5.41, 5.74) is 7.36. The average molecular weight is 506 g/mol. The summed E-state index contributed by atoms with van der Waals surface area (Å²) in [6.07, 6.45) is -0.642. The molecule has 0 atom stereocenters. The van der Waals surface area contributed by atoms with Crippen molar-refractivity contribution >= 4 is 56.0 Å². The molecular formula is C21H23Cl2F2N3O3S. The van der Waals surface area contributed by atoms with Crippen molar-refractivity contribution in [2.45, 2.75) is 37.0 Å². The standard InChI is InChI=1S/C21H23Cl2F2N3O3S/c1-2-32(30,31)14-5-3-13(4-6-14)11-17(29)27-16-12-15(22)20(18(23)19(16)26)28-9-7-21(24,25)8-10-28/h3-6,12H,2,7-11,26H2,1H3,(H,27,29). The lowest BCUT2D eigenvalue weighted by Gasteiger charge is -2.34. The van der Waals surface area contributed by atoms with Gasteiger partial charge in [0.25, 0.3) is 5.92 Å². The number of sulfone groups is 1. The zero-order valence-corrected chi connectivity index (χ0v) is 19.6. The average Bonchev–Trinajstić information content (AvgIpc) is 2.73. The van der Waals surface area contributed by atoms with Crippen LogP contribution in [0.1, 0.15) is 25.3 Å². The van der Waals surface area contributed by atoms with Crippen LogP contribution >= 0.6 is 23.2 Å². The molecule has 1 fully saturated rings. The fourth-order valence-electron chi connectivity index (χ4n) is 3.44. The molecule has 3 N–H and O–H groups in total. The molecule has 6 nitrogen and oxygen atoms in total. The lowest BCUT2D eigenvalue weighted by atomic mass is 10.1. The Kier molecular flexibility index (Phi) is 7.21. The molecule has 0 aliphatic carbocycles. The van der Waals surface area contributed by atoms with Crippen LogP contribution in [0.4, 0.5) is 25.8 Å². The minimum atomic E-state index is -3.32. The number of nitrogens with zero attached hydrogens (tertiary/aromatic N) is 1. The van der Waals surface area contributed by atoms with Crippen LogP contribution in [0, 0.1) is 0 Å². The van der Waals surface area contributed by atoms with E-state index < -0.39 is 21.7 Å². The Balaban J connectivity index is 1.73. The van der Waals surface area contributed by atoms with Crippen LogP contribution in [-0.4, -0.2) is 39.1 Å². The van der Waals surface area contributed by atoms with Crippen LogP contribution in [0.15, 0.2) is 35.2 Å². The summed E-state index contributed by atoms with van der Waals surface area (Å²) in [7, 11) is -3.32. The monoisotopic (exact) mass is 505 g/mol. The molecule has 1 amide bonds. The van der Waals surface area contributed by atoms with Gasteiger partial charge < -0.3 is 16.0 Å². The van der Waals surface area contributed by atoms with E-state index in [2.05, 4.69) is 5.32 Å². The quantitative estimate of drug-likeness (QED) is 0.550. The van der Waals surface area contributed by atoms with E-state index in [9.17, 15) is 22.0 Å². The Morgan fingerprint density at radius 3 is 2.34 bits per heavy atom. The lowest BCUT2D eigenvalue weighted by Crippen LogP contribution is -2.39. The van der Waals surface area contributed by atoms with Crippen LogP contribution in [0.25, 0.3) is 0 Å². The minimum absolute atomic E-state index is 0.0104. The molecular weight excluding hydrogens is 483 g/mol. The van der Waals surface area contributed by atoms with Gasteiger partial charge in [-0.3, -0.25) is 4.79 Å². The molecule has 32 heavy (non-hydrogen) atoms. The molecule has 0 radical (unpaired) electrons. The van der Waals surface area contributed by atoms with E-state index in [1.807, 2.05) is 0 Å². The highest BCUT2D eigenvalue weighted by Gasteiger charge is 2.35. The number of hydrogen-bond acceptors (Lipinski definition) is 5. The second-order valence-electron chi connectivity index (χ2n) is 7.60. The number of halogens is 4. The zero-order valence-electron chi connectivity index (χ0n) is 17.3. The van der Waals surface area contributed by atoms with Gasteiger partial charge in [0.1, 0.15) is 0 Å². The van der Waals surface area contributed by atoms with Gasteiger partial charge in [-0.25, -0.2) is 17.2 Å². The summed E-state index contributed by atoms with van der Waals surface area (Å²) >= 11 is 12.7. The van der Waals surface area contributed by atoms with Crippen molar-refractivity contribution in [3.05, 3.63) is 45.9 Å². The number of nitrogen functional groups attached to an aromatic ring is 1. The Bertz CT molecular complexity index is 1120. The summed E-state index contributed by atoms with van der Waals surface area (Å²) in [6, 6.07) is 7.50. The first-order valence-corrected chi connectivity index (χ1v) is 12.4. The van der Waals surface area contributed by atoms with Crippen molar-refractivity contribution in [2.75, 3.05) is 34.8 Å². The number of alkyl halides is 2. The number of carbonyl (C=O) groups is 1. The predicted molar refractivity (Wildman–Crippen MR) is 124 cm³/mol. The Labute approximate surface area is 195 Å². The Morgan fingerprint density at radius 2 is 1.78 bits per heavy atom. The van der Waals surface area contributed by atoms with Crippen molar-refractivity contribution in [3.63, 3.8) is 0 Å². The molecule has 1 aliphatic heterocycles. The summed E-state index contributed by atoms with van der Waals surface area (Å²) in [6.45, 7) is 1.73. The molecule has 174 valence electrons. The summed E-state index contributed by atoms with van der Waals surface area (Å²) < 4.78 is 50.7. The second-order valence-corrected chi connectivity index (χ2v) is 10.7. The molecule has 0 spiro atoms.